The lowest BCUT2D eigenvalue weighted by molar-refractivity contribution is -0.138. The molecule has 1 unspecified atom stereocenters. The molecule has 5 rings (SSSR count). The van der Waals surface area contributed by atoms with Crippen molar-refractivity contribution in [1.29, 1.82) is 0 Å². The molecule has 3 aromatic rings. The fourth-order valence-corrected chi connectivity index (χ4v) is 3.82. The summed E-state index contributed by atoms with van der Waals surface area (Å²) in [7, 11) is 0. The number of benzene rings is 1. The Bertz CT molecular complexity index is 983. The number of carbonyl (C=O) groups is 1. The molecule has 2 aliphatic rings. The van der Waals surface area contributed by atoms with E-state index in [4.69, 9.17) is 4.74 Å². The number of ether oxygens (including phenoxy) is 1. The molecule has 0 saturated carbocycles. The maximum absolute atomic E-state index is 12.9. The van der Waals surface area contributed by atoms with Gasteiger partial charge in [-0.05, 0) is 18.6 Å². The molecule has 1 aromatic carbocycles. The highest BCUT2D eigenvalue weighted by Gasteiger charge is 2.34. The maximum atomic E-state index is 12.9. The number of amides is 1. The summed E-state index contributed by atoms with van der Waals surface area (Å²) in [5.74, 6) is 2.46. The Morgan fingerprint density at radius 2 is 2.00 bits per heavy atom. The van der Waals surface area contributed by atoms with Gasteiger partial charge in [-0.15, -0.1) is 0 Å². The van der Waals surface area contributed by atoms with Crippen LogP contribution in [-0.4, -0.2) is 62.7 Å². The fourth-order valence-electron chi connectivity index (χ4n) is 3.82. The summed E-state index contributed by atoms with van der Waals surface area (Å²) < 4.78 is 7.61. The molecule has 2 aromatic heterocycles. The average Bonchev–Trinajstić information content (AvgIpc) is 3.33. The molecule has 1 amide bonds. The van der Waals surface area contributed by atoms with Crippen molar-refractivity contribution in [2.75, 3.05) is 31.1 Å². The highest BCUT2D eigenvalue weighted by atomic mass is 16.5. The van der Waals surface area contributed by atoms with Crippen LogP contribution in [0, 0.1) is 6.92 Å². The summed E-state index contributed by atoms with van der Waals surface area (Å²) in [6, 6.07) is 9.88. The largest absolute Gasteiger partial charge is 0.480 e. The van der Waals surface area contributed by atoms with Crippen molar-refractivity contribution in [3.8, 4) is 5.75 Å². The van der Waals surface area contributed by atoms with E-state index >= 15 is 0 Å². The number of hydrogen-bond donors (Lipinski definition) is 0. The second-order valence-corrected chi connectivity index (χ2v) is 6.96. The first-order chi connectivity index (χ1) is 13.2. The van der Waals surface area contributed by atoms with Crippen LogP contribution in [0.4, 0.5) is 5.82 Å². The zero-order chi connectivity index (χ0) is 18.4. The van der Waals surface area contributed by atoms with Gasteiger partial charge in [-0.1, -0.05) is 18.2 Å². The standard InChI is InChI=1S/C19H20N6O2/c1-13-10-17(25-19(22-13)20-12-21-25)23-6-8-24(9-7-23)18(26)16-11-14-4-2-3-5-15(14)27-16/h2-5,10,12,16H,6-9,11H2,1H3. The highest BCUT2D eigenvalue weighted by molar-refractivity contribution is 5.83. The highest BCUT2D eigenvalue weighted by Crippen LogP contribution is 2.29. The van der Waals surface area contributed by atoms with Gasteiger partial charge in [-0.2, -0.15) is 14.6 Å². The molecule has 0 bridgehead atoms. The first kappa shape index (κ1) is 16.0. The Morgan fingerprint density at radius 1 is 1.19 bits per heavy atom. The summed E-state index contributed by atoms with van der Waals surface area (Å²) >= 11 is 0. The van der Waals surface area contributed by atoms with Gasteiger partial charge >= 0.3 is 0 Å². The van der Waals surface area contributed by atoms with E-state index in [-0.39, 0.29) is 5.91 Å². The molecule has 1 atom stereocenters. The monoisotopic (exact) mass is 364 g/mol. The number of aryl methyl sites for hydroxylation is 1. The number of fused-ring (bicyclic) bond motifs is 2. The van der Waals surface area contributed by atoms with Crippen molar-refractivity contribution in [3.63, 3.8) is 0 Å². The van der Waals surface area contributed by atoms with Crippen molar-refractivity contribution in [1.82, 2.24) is 24.5 Å². The van der Waals surface area contributed by atoms with Crippen molar-refractivity contribution >= 4 is 17.5 Å². The van der Waals surface area contributed by atoms with Crippen LogP contribution in [0.3, 0.4) is 0 Å². The van der Waals surface area contributed by atoms with Crippen molar-refractivity contribution in [2.24, 2.45) is 0 Å². The van der Waals surface area contributed by atoms with Crippen LogP contribution in [0.5, 0.6) is 5.75 Å². The SMILES string of the molecule is Cc1cc(N2CCN(C(=O)C3Cc4ccccc4O3)CC2)n2ncnc2n1. The Labute approximate surface area is 156 Å². The van der Waals surface area contributed by atoms with E-state index in [1.165, 1.54) is 6.33 Å². The van der Waals surface area contributed by atoms with Crippen molar-refractivity contribution < 1.29 is 9.53 Å². The third-order valence-electron chi connectivity index (χ3n) is 5.20. The minimum Gasteiger partial charge on any atom is -0.480 e. The molecule has 4 heterocycles. The molecule has 8 nitrogen and oxygen atoms in total. The predicted molar refractivity (Wildman–Crippen MR) is 98.9 cm³/mol. The molecule has 138 valence electrons. The van der Waals surface area contributed by atoms with E-state index in [1.807, 2.05) is 42.2 Å². The minimum absolute atomic E-state index is 0.0719. The maximum Gasteiger partial charge on any atom is 0.264 e. The van der Waals surface area contributed by atoms with Gasteiger partial charge in [0.15, 0.2) is 6.10 Å². The summed E-state index contributed by atoms with van der Waals surface area (Å²) in [5, 5.41) is 4.28. The number of carbonyl (C=O) groups excluding carboxylic acids is 1. The molecular formula is C19H20N6O2. The number of nitrogens with zero attached hydrogens (tertiary/aromatic N) is 6. The van der Waals surface area contributed by atoms with E-state index in [1.54, 1.807) is 4.52 Å². The van der Waals surface area contributed by atoms with Gasteiger partial charge in [0, 0.05) is 44.4 Å². The molecule has 8 heteroatoms. The third-order valence-corrected chi connectivity index (χ3v) is 5.20. The minimum atomic E-state index is -0.404. The third kappa shape index (κ3) is 2.77. The van der Waals surface area contributed by atoms with E-state index in [2.05, 4.69) is 20.0 Å². The number of hydrogen-bond acceptors (Lipinski definition) is 6. The van der Waals surface area contributed by atoms with E-state index < -0.39 is 6.10 Å². The second kappa shape index (κ2) is 6.22. The van der Waals surface area contributed by atoms with Gasteiger partial charge in [0.25, 0.3) is 11.7 Å². The predicted octanol–water partition coefficient (Wildman–Crippen LogP) is 1.09. The molecule has 27 heavy (non-hydrogen) atoms. The summed E-state index contributed by atoms with van der Waals surface area (Å²) in [4.78, 5) is 25.6. The smallest absolute Gasteiger partial charge is 0.264 e. The Hall–Kier alpha value is -3.16. The van der Waals surface area contributed by atoms with Gasteiger partial charge < -0.3 is 14.5 Å². The summed E-state index contributed by atoms with van der Waals surface area (Å²) in [5.41, 5.74) is 2.01. The number of piperazine rings is 1. The molecule has 0 N–H and O–H groups in total. The zero-order valence-electron chi connectivity index (χ0n) is 15.1. The number of anilines is 1. The van der Waals surface area contributed by atoms with Gasteiger partial charge in [0.05, 0.1) is 0 Å². The molecule has 0 aliphatic carbocycles. The Kier molecular flexibility index (Phi) is 3.70. The zero-order valence-corrected chi connectivity index (χ0v) is 15.1. The van der Waals surface area contributed by atoms with Gasteiger partial charge in [0.2, 0.25) is 0 Å². The van der Waals surface area contributed by atoms with Crippen LogP contribution >= 0.6 is 0 Å². The number of aromatic nitrogens is 4. The normalized spacial score (nSPS) is 19.2. The van der Waals surface area contributed by atoms with E-state index in [0.717, 1.165) is 35.9 Å². The second-order valence-electron chi connectivity index (χ2n) is 6.96. The van der Waals surface area contributed by atoms with Crippen molar-refractivity contribution in [2.45, 2.75) is 19.4 Å². The van der Waals surface area contributed by atoms with Crippen LogP contribution in [0.2, 0.25) is 0 Å². The number of para-hydroxylation sites is 1. The first-order valence-electron chi connectivity index (χ1n) is 9.15. The first-order valence-corrected chi connectivity index (χ1v) is 9.15. The average molecular weight is 364 g/mol. The molecular weight excluding hydrogens is 344 g/mol. The molecule has 0 radical (unpaired) electrons. The van der Waals surface area contributed by atoms with Gasteiger partial charge in [0.1, 0.15) is 17.9 Å². The molecule has 1 saturated heterocycles. The fraction of sp³-hybridized carbons (Fsp3) is 0.368. The topological polar surface area (TPSA) is 75.9 Å². The Balaban J connectivity index is 1.28. The van der Waals surface area contributed by atoms with E-state index in [0.29, 0.717) is 25.3 Å². The van der Waals surface area contributed by atoms with Crippen LogP contribution < -0.4 is 9.64 Å². The lowest BCUT2D eigenvalue weighted by Crippen LogP contribution is -2.52. The molecule has 1 fully saturated rings. The molecule has 0 spiro atoms. The van der Waals surface area contributed by atoms with Crippen LogP contribution in [0.1, 0.15) is 11.3 Å². The lowest BCUT2D eigenvalue weighted by Gasteiger charge is -2.36. The summed E-state index contributed by atoms with van der Waals surface area (Å²) in [6.45, 7) is 4.75. The van der Waals surface area contributed by atoms with Crippen LogP contribution in [0.25, 0.3) is 5.78 Å². The van der Waals surface area contributed by atoms with Gasteiger partial charge in [-0.25, -0.2) is 4.98 Å². The van der Waals surface area contributed by atoms with Gasteiger partial charge in [-0.3, -0.25) is 4.79 Å². The van der Waals surface area contributed by atoms with E-state index in [9.17, 15) is 4.79 Å². The number of rotatable bonds is 2. The van der Waals surface area contributed by atoms with Crippen LogP contribution in [-0.2, 0) is 11.2 Å². The quantitative estimate of drug-likeness (QED) is 0.677. The van der Waals surface area contributed by atoms with Crippen LogP contribution in [0.15, 0.2) is 36.7 Å². The summed E-state index contributed by atoms with van der Waals surface area (Å²) in [6.07, 6.45) is 1.76. The Morgan fingerprint density at radius 3 is 2.81 bits per heavy atom. The lowest BCUT2D eigenvalue weighted by atomic mass is 10.1. The molecule has 2 aliphatic heterocycles. The van der Waals surface area contributed by atoms with Crippen molar-refractivity contribution in [3.05, 3.63) is 47.9 Å².